The summed E-state index contributed by atoms with van der Waals surface area (Å²) < 4.78 is 10.9. The molecule has 21 heavy (non-hydrogen) atoms. The number of rotatable bonds is 6. The summed E-state index contributed by atoms with van der Waals surface area (Å²) >= 11 is 0. The van der Waals surface area contributed by atoms with Crippen molar-refractivity contribution < 1.29 is 14.3 Å². The Balaban J connectivity index is 1.55. The maximum absolute atomic E-state index is 11.5. The molecule has 1 aliphatic carbocycles. The van der Waals surface area contributed by atoms with Crippen molar-refractivity contribution in [1.29, 1.82) is 0 Å². The number of hydrogen-bond acceptors (Lipinski definition) is 3. The number of nitrogens with one attached hydrogen (secondary N) is 1. The third-order valence-corrected chi connectivity index (χ3v) is 3.42. The highest BCUT2D eigenvalue weighted by atomic mass is 16.6. The molecule has 2 atom stereocenters. The van der Waals surface area contributed by atoms with E-state index in [0.29, 0.717) is 25.0 Å². The van der Waals surface area contributed by atoms with Gasteiger partial charge < -0.3 is 14.8 Å². The highest BCUT2D eigenvalue weighted by Crippen LogP contribution is 2.38. The van der Waals surface area contributed by atoms with E-state index in [9.17, 15) is 4.79 Å². The molecule has 1 aliphatic rings. The number of amides is 1. The second-order valence-electron chi connectivity index (χ2n) is 6.64. The predicted octanol–water partition coefficient (Wildman–Crippen LogP) is 3.36. The van der Waals surface area contributed by atoms with Gasteiger partial charge in [-0.15, -0.1) is 0 Å². The van der Waals surface area contributed by atoms with E-state index in [1.807, 2.05) is 39.0 Å². The van der Waals surface area contributed by atoms with Gasteiger partial charge in [0.25, 0.3) is 0 Å². The molecule has 1 aromatic carbocycles. The summed E-state index contributed by atoms with van der Waals surface area (Å²) in [6.45, 7) is 7.69. The van der Waals surface area contributed by atoms with E-state index in [1.165, 1.54) is 5.56 Å². The minimum Gasteiger partial charge on any atom is -0.444 e. The molecular weight excluding hydrogens is 266 g/mol. The van der Waals surface area contributed by atoms with Gasteiger partial charge in [0.1, 0.15) is 5.60 Å². The Hall–Kier alpha value is -1.55. The average molecular weight is 291 g/mol. The Morgan fingerprint density at radius 3 is 2.62 bits per heavy atom. The van der Waals surface area contributed by atoms with Gasteiger partial charge in [-0.3, -0.25) is 0 Å². The van der Waals surface area contributed by atoms with Crippen molar-refractivity contribution in [3.8, 4) is 0 Å². The highest BCUT2D eigenvalue weighted by molar-refractivity contribution is 5.67. The maximum atomic E-state index is 11.5. The molecule has 0 aromatic heterocycles. The lowest BCUT2D eigenvalue weighted by molar-refractivity contribution is 0.0521. The molecule has 2 rings (SSSR count). The first kappa shape index (κ1) is 15.8. The lowest BCUT2D eigenvalue weighted by Crippen LogP contribution is -2.33. The van der Waals surface area contributed by atoms with Gasteiger partial charge >= 0.3 is 6.09 Å². The number of benzene rings is 1. The van der Waals surface area contributed by atoms with E-state index in [1.54, 1.807) is 0 Å². The number of carbonyl (C=O) groups is 1. The van der Waals surface area contributed by atoms with Crippen molar-refractivity contribution in [2.45, 2.75) is 39.4 Å². The van der Waals surface area contributed by atoms with E-state index < -0.39 is 5.60 Å². The molecule has 0 aliphatic heterocycles. The van der Waals surface area contributed by atoms with Crippen molar-refractivity contribution >= 4 is 6.09 Å². The molecule has 1 fully saturated rings. The van der Waals surface area contributed by atoms with E-state index in [2.05, 4.69) is 17.4 Å². The second-order valence-corrected chi connectivity index (χ2v) is 6.64. The molecule has 0 radical (unpaired) electrons. The first-order valence-electron chi connectivity index (χ1n) is 7.52. The molecule has 0 bridgehead atoms. The average Bonchev–Trinajstić information content (AvgIpc) is 3.14. The fourth-order valence-electron chi connectivity index (χ4n) is 2.20. The van der Waals surface area contributed by atoms with Crippen molar-refractivity contribution in [2.75, 3.05) is 13.2 Å². The summed E-state index contributed by atoms with van der Waals surface area (Å²) in [6.07, 6.45) is 0.781. The molecule has 0 spiro atoms. The maximum Gasteiger partial charge on any atom is 0.407 e. The molecule has 0 heterocycles. The second kappa shape index (κ2) is 6.94. The quantitative estimate of drug-likeness (QED) is 0.874. The lowest BCUT2D eigenvalue weighted by atomic mass is 10.2. The lowest BCUT2D eigenvalue weighted by Gasteiger charge is -2.19. The van der Waals surface area contributed by atoms with Crippen LogP contribution in [0.25, 0.3) is 0 Å². The van der Waals surface area contributed by atoms with Gasteiger partial charge in [0.15, 0.2) is 0 Å². The van der Waals surface area contributed by atoms with Crippen LogP contribution in [-0.2, 0) is 16.1 Å². The minimum atomic E-state index is -0.439. The summed E-state index contributed by atoms with van der Waals surface area (Å²) in [5.41, 5.74) is 0.757. The topological polar surface area (TPSA) is 47.6 Å². The monoisotopic (exact) mass is 291 g/mol. The van der Waals surface area contributed by atoms with Gasteiger partial charge in [-0.1, -0.05) is 30.3 Å². The summed E-state index contributed by atoms with van der Waals surface area (Å²) in [5, 5.41) is 2.82. The summed E-state index contributed by atoms with van der Waals surface area (Å²) in [4.78, 5) is 11.5. The number of ether oxygens (including phenoxy) is 2. The third kappa shape index (κ3) is 6.17. The Bertz CT molecular complexity index is 453. The number of alkyl carbamates (subject to hydrolysis) is 1. The first-order valence-corrected chi connectivity index (χ1v) is 7.52. The van der Waals surface area contributed by atoms with Gasteiger partial charge in [0.2, 0.25) is 0 Å². The van der Waals surface area contributed by atoms with Crippen LogP contribution in [0.5, 0.6) is 0 Å². The predicted molar refractivity (Wildman–Crippen MR) is 81.9 cm³/mol. The van der Waals surface area contributed by atoms with Crippen LogP contribution in [-0.4, -0.2) is 24.8 Å². The molecular formula is C17H25NO3. The zero-order valence-electron chi connectivity index (χ0n) is 13.1. The van der Waals surface area contributed by atoms with Gasteiger partial charge in [0, 0.05) is 6.54 Å². The Morgan fingerprint density at radius 2 is 1.95 bits per heavy atom. The molecule has 0 unspecified atom stereocenters. The Labute approximate surface area is 126 Å². The standard InChI is InChI=1S/C17H25NO3/c1-17(2,3)21-16(19)18-10-14-9-15(14)12-20-11-13-7-5-4-6-8-13/h4-8,14-15H,9-12H2,1-3H3,(H,18,19)/t14-,15+/m0/s1. The highest BCUT2D eigenvalue weighted by Gasteiger charge is 2.37. The van der Waals surface area contributed by atoms with Crippen molar-refractivity contribution in [1.82, 2.24) is 5.32 Å². The normalized spacial score (nSPS) is 20.9. The van der Waals surface area contributed by atoms with E-state index in [-0.39, 0.29) is 6.09 Å². The Morgan fingerprint density at radius 1 is 1.24 bits per heavy atom. The van der Waals surface area contributed by atoms with Gasteiger partial charge in [0.05, 0.1) is 13.2 Å². The minimum absolute atomic E-state index is 0.335. The molecule has 4 nitrogen and oxygen atoms in total. The van der Waals surface area contributed by atoms with Crippen LogP contribution in [0.4, 0.5) is 4.79 Å². The molecule has 0 saturated heterocycles. The summed E-state index contributed by atoms with van der Waals surface area (Å²) in [6, 6.07) is 10.2. The smallest absolute Gasteiger partial charge is 0.407 e. The fourth-order valence-corrected chi connectivity index (χ4v) is 2.20. The van der Waals surface area contributed by atoms with Crippen molar-refractivity contribution in [2.24, 2.45) is 11.8 Å². The molecule has 1 aromatic rings. The van der Waals surface area contributed by atoms with Crippen LogP contribution in [0, 0.1) is 11.8 Å². The summed E-state index contributed by atoms with van der Waals surface area (Å²) in [7, 11) is 0. The molecule has 1 N–H and O–H groups in total. The first-order chi connectivity index (χ1) is 9.94. The van der Waals surface area contributed by atoms with Crippen LogP contribution >= 0.6 is 0 Å². The third-order valence-electron chi connectivity index (χ3n) is 3.42. The van der Waals surface area contributed by atoms with E-state index in [0.717, 1.165) is 13.0 Å². The van der Waals surface area contributed by atoms with E-state index in [4.69, 9.17) is 9.47 Å². The largest absolute Gasteiger partial charge is 0.444 e. The van der Waals surface area contributed by atoms with Gasteiger partial charge in [-0.25, -0.2) is 4.79 Å². The van der Waals surface area contributed by atoms with Crippen LogP contribution in [0.2, 0.25) is 0 Å². The van der Waals surface area contributed by atoms with Crippen LogP contribution in [0.3, 0.4) is 0 Å². The van der Waals surface area contributed by atoms with Crippen molar-refractivity contribution in [3.05, 3.63) is 35.9 Å². The molecule has 116 valence electrons. The zero-order chi connectivity index (χ0) is 15.3. The Kier molecular flexibility index (Phi) is 5.23. The number of carbonyl (C=O) groups excluding carboxylic acids is 1. The molecule has 4 heteroatoms. The molecule has 1 saturated carbocycles. The van der Waals surface area contributed by atoms with Crippen molar-refractivity contribution in [3.63, 3.8) is 0 Å². The van der Waals surface area contributed by atoms with Crippen LogP contribution < -0.4 is 5.32 Å². The van der Waals surface area contributed by atoms with E-state index >= 15 is 0 Å². The molecule has 1 amide bonds. The fraction of sp³-hybridized carbons (Fsp3) is 0.588. The SMILES string of the molecule is CC(C)(C)OC(=O)NC[C@@H]1C[C@@H]1COCc1ccccc1. The van der Waals surface area contributed by atoms with Crippen LogP contribution in [0.15, 0.2) is 30.3 Å². The summed E-state index contributed by atoms with van der Waals surface area (Å²) in [5.74, 6) is 1.08. The van der Waals surface area contributed by atoms with Gasteiger partial charge in [-0.2, -0.15) is 0 Å². The van der Waals surface area contributed by atoms with Crippen LogP contribution in [0.1, 0.15) is 32.8 Å². The van der Waals surface area contributed by atoms with Gasteiger partial charge in [-0.05, 0) is 44.6 Å². The number of hydrogen-bond donors (Lipinski definition) is 1. The zero-order valence-corrected chi connectivity index (χ0v) is 13.1.